The third-order valence-corrected chi connectivity index (χ3v) is 7.19. The molecule has 1 aliphatic carbocycles. The summed E-state index contributed by atoms with van der Waals surface area (Å²) in [7, 11) is -3.14. The molecule has 1 aromatic rings. The Balaban J connectivity index is 1.49. The Morgan fingerprint density at radius 2 is 2.12 bits per heavy atom. The Hall–Kier alpha value is -0.920. The van der Waals surface area contributed by atoms with Gasteiger partial charge in [0.1, 0.15) is 5.76 Å². The van der Waals surface area contributed by atoms with Crippen molar-refractivity contribution in [3.05, 3.63) is 17.5 Å². The third-order valence-electron chi connectivity index (χ3n) is 4.85. The summed E-state index contributed by atoms with van der Waals surface area (Å²) in [6.07, 6.45) is 4.10. The van der Waals surface area contributed by atoms with Crippen molar-refractivity contribution in [2.75, 3.05) is 12.3 Å². The summed E-state index contributed by atoms with van der Waals surface area (Å²) < 4.78 is 32.0. The fourth-order valence-electron chi connectivity index (χ4n) is 3.49. The van der Waals surface area contributed by atoms with Crippen LogP contribution in [0.3, 0.4) is 0 Å². The molecule has 0 radical (unpaired) electrons. The van der Waals surface area contributed by atoms with E-state index < -0.39 is 10.0 Å². The molecule has 0 amide bonds. The fraction of sp³-hybridized carbons (Fsp3) is 0.824. The Labute approximate surface area is 145 Å². The van der Waals surface area contributed by atoms with Crippen molar-refractivity contribution in [3.8, 4) is 0 Å². The van der Waals surface area contributed by atoms with Crippen LogP contribution in [0.2, 0.25) is 0 Å². The Morgan fingerprint density at radius 1 is 1.38 bits per heavy atom. The predicted molar refractivity (Wildman–Crippen MR) is 93.1 cm³/mol. The molecule has 0 aromatic carbocycles. The molecule has 2 atom stereocenters. The average molecular weight is 356 g/mol. The zero-order valence-corrected chi connectivity index (χ0v) is 15.7. The number of aromatic nitrogens is 1. The molecule has 136 valence electrons. The van der Waals surface area contributed by atoms with Crippen molar-refractivity contribution in [1.29, 1.82) is 0 Å². The van der Waals surface area contributed by atoms with Crippen molar-refractivity contribution < 1.29 is 12.9 Å². The molecule has 0 unspecified atom stereocenters. The Bertz CT molecular complexity index is 652. The summed E-state index contributed by atoms with van der Waals surface area (Å²) >= 11 is 0. The molecule has 3 rings (SSSR count). The minimum Gasteiger partial charge on any atom is -0.361 e. The smallest absolute Gasteiger partial charge is 0.214 e. The first-order valence-corrected chi connectivity index (χ1v) is 10.6. The molecule has 0 bridgehead atoms. The second kappa shape index (κ2) is 7.14. The molecular weight excluding hydrogens is 326 g/mol. The Morgan fingerprint density at radius 3 is 2.75 bits per heavy atom. The summed E-state index contributed by atoms with van der Waals surface area (Å²) in [5, 5.41) is 7.63. The largest absolute Gasteiger partial charge is 0.361 e. The Kier molecular flexibility index (Phi) is 5.32. The molecule has 24 heavy (non-hydrogen) atoms. The van der Waals surface area contributed by atoms with Gasteiger partial charge in [-0.15, -0.1) is 0 Å². The minimum absolute atomic E-state index is 0.0410. The van der Waals surface area contributed by atoms with E-state index in [1.165, 1.54) is 12.8 Å². The molecule has 6 nitrogen and oxygen atoms in total. The van der Waals surface area contributed by atoms with Gasteiger partial charge in [0.15, 0.2) is 0 Å². The van der Waals surface area contributed by atoms with Gasteiger partial charge in [-0.25, -0.2) is 8.42 Å². The van der Waals surface area contributed by atoms with Gasteiger partial charge < -0.3 is 9.84 Å². The van der Waals surface area contributed by atoms with Gasteiger partial charge in [-0.05, 0) is 38.5 Å². The van der Waals surface area contributed by atoms with Crippen LogP contribution in [0.15, 0.2) is 10.6 Å². The van der Waals surface area contributed by atoms with Crippen LogP contribution in [-0.4, -0.2) is 42.3 Å². The number of piperidine rings is 1. The number of sulfonamides is 1. The number of hydrogen-bond donors (Lipinski definition) is 1. The molecule has 0 spiro atoms. The summed E-state index contributed by atoms with van der Waals surface area (Å²) in [4.78, 5) is 0. The van der Waals surface area contributed by atoms with Crippen molar-refractivity contribution in [2.24, 2.45) is 5.92 Å². The van der Waals surface area contributed by atoms with Crippen LogP contribution in [-0.2, 0) is 16.6 Å². The lowest BCUT2D eigenvalue weighted by Crippen LogP contribution is -2.50. The lowest BCUT2D eigenvalue weighted by molar-refractivity contribution is 0.223. The maximum absolute atomic E-state index is 12.4. The van der Waals surface area contributed by atoms with Gasteiger partial charge in [0.05, 0.1) is 11.4 Å². The second-order valence-electron chi connectivity index (χ2n) is 7.73. The van der Waals surface area contributed by atoms with Gasteiger partial charge in [0.25, 0.3) is 0 Å². The van der Waals surface area contributed by atoms with Gasteiger partial charge in [0, 0.05) is 37.2 Å². The van der Waals surface area contributed by atoms with Crippen LogP contribution in [0.5, 0.6) is 0 Å². The van der Waals surface area contributed by atoms with Crippen LogP contribution in [0, 0.1) is 5.92 Å². The highest BCUT2D eigenvalue weighted by molar-refractivity contribution is 7.89. The number of nitrogens with zero attached hydrogens (tertiary/aromatic N) is 2. The molecule has 2 heterocycles. The molecule has 1 aromatic heterocycles. The van der Waals surface area contributed by atoms with Gasteiger partial charge in [-0.3, -0.25) is 0 Å². The first kappa shape index (κ1) is 17.9. The van der Waals surface area contributed by atoms with E-state index in [0.717, 1.165) is 24.3 Å². The van der Waals surface area contributed by atoms with Crippen molar-refractivity contribution in [1.82, 2.24) is 14.8 Å². The molecule has 1 saturated carbocycles. The summed E-state index contributed by atoms with van der Waals surface area (Å²) in [6.45, 7) is 7.19. The standard InChI is InChI=1S/C17H29N3O3S/c1-12(2)11-24(21,22)20-7-6-15(8-13(20)3)18-10-16-9-17(23-19-16)14-4-5-14/h9,12-15,18H,4-8,10-11H2,1-3H3/t13-,15+/m0/s1. The van der Waals surface area contributed by atoms with E-state index in [9.17, 15) is 8.42 Å². The lowest BCUT2D eigenvalue weighted by atomic mass is 10.0. The third kappa shape index (κ3) is 4.37. The van der Waals surface area contributed by atoms with Crippen molar-refractivity contribution >= 4 is 10.0 Å². The zero-order valence-electron chi connectivity index (χ0n) is 14.9. The highest BCUT2D eigenvalue weighted by atomic mass is 32.2. The summed E-state index contributed by atoms with van der Waals surface area (Å²) in [5.74, 6) is 1.99. The van der Waals surface area contributed by atoms with Gasteiger partial charge in [0.2, 0.25) is 10.0 Å². The van der Waals surface area contributed by atoms with Crippen molar-refractivity contribution in [2.45, 2.75) is 71.0 Å². The molecule has 2 fully saturated rings. The minimum atomic E-state index is -3.14. The van der Waals surface area contributed by atoms with E-state index in [4.69, 9.17) is 4.52 Å². The lowest BCUT2D eigenvalue weighted by Gasteiger charge is -2.37. The maximum atomic E-state index is 12.4. The van der Waals surface area contributed by atoms with E-state index in [0.29, 0.717) is 25.0 Å². The van der Waals surface area contributed by atoms with Gasteiger partial charge in [-0.1, -0.05) is 19.0 Å². The van der Waals surface area contributed by atoms with E-state index >= 15 is 0 Å². The first-order chi connectivity index (χ1) is 11.3. The van der Waals surface area contributed by atoms with E-state index in [1.807, 2.05) is 20.8 Å². The zero-order chi connectivity index (χ0) is 17.3. The number of hydrogen-bond acceptors (Lipinski definition) is 5. The molecule has 1 aliphatic heterocycles. The van der Waals surface area contributed by atoms with E-state index in [-0.39, 0.29) is 17.7 Å². The molecule has 2 aliphatic rings. The van der Waals surface area contributed by atoms with Crippen LogP contribution >= 0.6 is 0 Å². The normalized spacial score (nSPS) is 26.2. The van der Waals surface area contributed by atoms with Crippen LogP contribution in [0.25, 0.3) is 0 Å². The molecule has 1 saturated heterocycles. The fourth-order valence-corrected chi connectivity index (χ4v) is 5.54. The second-order valence-corrected chi connectivity index (χ2v) is 9.70. The molecule has 1 N–H and O–H groups in total. The van der Waals surface area contributed by atoms with Crippen LogP contribution in [0.4, 0.5) is 0 Å². The highest BCUT2D eigenvalue weighted by Gasteiger charge is 2.33. The number of nitrogens with one attached hydrogen (secondary N) is 1. The van der Waals surface area contributed by atoms with Gasteiger partial charge >= 0.3 is 0 Å². The summed E-state index contributed by atoms with van der Waals surface area (Å²) in [5.41, 5.74) is 0.944. The first-order valence-electron chi connectivity index (χ1n) is 9.03. The quantitative estimate of drug-likeness (QED) is 0.813. The van der Waals surface area contributed by atoms with E-state index in [1.54, 1.807) is 4.31 Å². The van der Waals surface area contributed by atoms with Crippen LogP contribution in [0.1, 0.15) is 63.8 Å². The summed E-state index contributed by atoms with van der Waals surface area (Å²) in [6, 6.07) is 2.42. The van der Waals surface area contributed by atoms with E-state index in [2.05, 4.69) is 16.5 Å². The highest BCUT2D eigenvalue weighted by Crippen LogP contribution is 2.40. The topological polar surface area (TPSA) is 75.4 Å². The SMILES string of the molecule is CC(C)CS(=O)(=O)N1CC[C@@H](NCc2cc(C3CC3)on2)C[C@@H]1C. The predicted octanol–water partition coefficient (Wildman–Crippen LogP) is 2.48. The molecule has 7 heteroatoms. The average Bonchev–Trinajstić information content (AvgIpc) is 3.22. The van der Waals surface area contributed by atoms with Crippen molar-refractivity contribution in [3.63, 3.8) is 0 Å². The maximum Gasteiger partial charge on any atom is 0.214 e. The number of rotatable bonds is 7. The monoisotopic (exact) mass is 355 g/mol. The molecular formula is C17H29N3O3S. The van der Waals surface area contributed by atoms with Crippen LogP contribution < -0.4 is 5.32 Å². The van der Waals surface area contributed by atoms with Gasteiger partial charge in [-0.2, -0.15) is 4.31 Å².